The van der Waals surface area contributed by atoms with Crippen LogP contribution in [0.2, 0.25) is 0 Å². The molecule has 2 unspecified atom stereocenters. The van der Waals surface area contributed by atoms with Crippen LogP contribution in [-0.2, 0) is 4.74 Å². The van der Waals surface area contributed by atoms with Gasteiger partial charge < -0.3 is 9.64 Å². The van der Waals surface area contributed by atoms with Gasteiger partial charge in [-0.05, 0) is 19.1 Å². The number of nitrogens with zero attached hydrogens (tertiary/aromatic N) is 3. The van der Waals surface area contributed by atoms with Gasteiger partial charge in [0.2, 0.25) is 0 Å². The molecule has 4 nitrogen and oxygen atoms in total. The molecule has 5 heteroatoms. The number of imidazole rings is 1. The van der Waals surface area contributed by atoms with Gasteiger partial charge >= 0.3 is 0 Å². The first-order valence-corrected chi connectivity index (χ1v) is 6.70. The van der Waals surface area contributed by atoms with Gasteiger partial charge in [-0.2, -0.15) is 0 Å². The quantitative estimate of drug-likeness (QED) is 0.780. The zero-order chi connectivity index (χ0) is 12.5. The molecule has 0 bridgehead atoms. The number of halogens is 1. The smallest absolute Gasteiger partial charge is 0.138 e. The Morgan fingerprint density at radius 3 is 3.17 bits per heavy atom. The van der Waals surface area contributed by atoms with Crippen LogP contribution in [0.25, 0.3) is 5.65 Å². The summed E-state index contributed by atoms with van der Waals surface area (Å²) in [5.41, 5.74) is 0.967. The minimum absolute atomic E-state index is 0.0918. The van der Waals surface area contributed by atoms with E-state index in [1.54, 1.807) is 0 Å². The molecular formula is C13H16ClN3O. The van der Waals surface area contributed by atoms with Gasteiger partial charge in [0, 0.05) is 25.5 Å². The van der Waals surface area contributed by atoms with Crippen LogP contribution in [0.4, 0.5) is 5.82 Å². The molecule has 2 aromatic rings. The molecule has 1 fully saturated rings. The molecule has 3 rings (SSSR count). The zero-order valence-corrected chi connectivity index (χ0v) is 11.0. The first-order valence-electron chi connectivity index (χ1n) is 6.16. The molecule has 0 radical (unpaired) electrons. The SMILES string of the molecule is CC1CN(c2cccc3nccn23)CC(CCl)O1. The van der Waals surface area contributed by atoms with Crippen LogP contribution in [0, 0.1) is 0 Å². The Labute approximate surface area is 111 Å². The molecular weight excluding hydrogens is 250 g/mol. The first-order chi connectivity index (χ1) is 8.78. The minimum atomic E-state index is 0.0918. The summed E-state index contributed by atoms with van der Waals surface area (Å²) in [6, 6.07) is 6.15. The molecule has 0 aliphatic carbocycles. The van der Waals surface area contributed by atoms with Crippen LogP contribution in [0.5, 0.6) is 0 Å². The van der Waals surface area contributed by atoms with Gasteiger partial charge in [0.15, 0.2) is 0 Å². The number of morpholine rings is 1. The largest absolute Gasteiger partial charge is 0.370 e. The lowest BCUT2D eigenvalue weighted by atomic mass is 10.2. The molecule has 3 heterocycles. The maximum Gasteiger partial charge on any atom is 0.138 e. The third kappa shape index (κ3) is 2.06. The molecule has 1 aliphatic heterocycles. The Hall–Kier alpha value is -1.26. The number of anilines is 1. The first kappa shape index (κ1) is 11.8. The predicted molar refractivity (Wildman–Crippen MR) is 72.5 cm³/mol. The van der Waals surface area contributed by atoms with E-state index in [0.29, 0.717) is 5.88 Å². The molecule has 0 N–H and O–H groups in total. The van der Waals surface area contributed by atoms with E-state index < -0.39 is 0 Å². The van der Waals surface area contributed by atoms with E-state index in [2.05, 4.69) is 27.3 Å². The number of hydrogen-bond acceptors (Lipinski definition) is 3. The maximum atomic E-state index is 5.92. The lowest BCUT2D eigenvalue weighted by Crippen LogP contribution is -2.48. The van der Waals surface area contributed by atoms with Crippen molar-refractivity contribution in [3.63, 3.8) is 0 Å². The highest BCUT2D eigenvalue weighted by molar-refractivity contribution is 6.18. The lowest BCUT2D eigenvalue weighted by Gasteiger charge is -2.37. The van der Waals surface area contributed by atoms with Crippen molar-refractivity contribution in [3.05, 3.63) is 30.6 Å². The Bertz CT molecular complexity index is 542. The summed E-state index contributed by atoms with van der Waals surface area (Å²) < 4.78 is 7.88. The van der Waals surface area contributed by atoms with E-state index in [9.17, 15) is 0 Å². The fraction of sp³-hybridized carbons (Fsp3) is 0.462. The van der Waals surface area contributed by atoms with Crippen molar-refractivity contribution in [2.75, 3.05) is 23.9 Å². The third-order valence-electron chi connectivity index (χ3n) is 3.23. The van der Waals surface area contributed by atoms with Crippen LogP contribution >= 0.6 is 11.6 Å². The van der Waals surface area contributed by atoms with Crippen molar-refractivity contribution in [1.82, 2.24) is 9.38 Å². The Balaban J connectivity index is 1.96. The van der Waals surface area contributed by atoms with Gasteiger partial charge in [0.05, 0.1) is 18.1 Å². The number of aromatic nitrogens is 2. The average molecular weight is 266 g/mol. The highest BCUT2D eigenvalue weighted by Gasteiger charge is 2.25. The van der Waals surface area contributed by atoms with Gasteiger partial charge in [0.25, 0.3) is 0 Å². The van der Waals surface area contributed by atoms with Crippen LogP contribution < -0.4 is 4.90 Å². The third-order valence-corrected chi connectivity index (χ3v) is 3.57. The van der Waals surface area contributed by atoms with Crippen LogP contribution in [0.15, 0.2) is 30.6 Å². The monoisotopic (exact) mass is 265 g/mol. The standard InChI is InChI=1S/C13H16ClN3O/c1-10-8-16(9-11(7-14)18-10)13-4-2-3-12-15-5-6-17(12)13/h2-6,10-11H,7-9H2,1H3. The summed E-state index contributed by atoms with van der Waals surface area (Å²) in [5, 5.41) is 0. The van der Waals surface area contributed by atoms with E-state index in [-0.39, 0.29) is 12.2 Å². The summed E-state index contributed by atoms with van der Waals surface area (Å²) in [5.74, 6) is 1.68. The van der Waals surface area contributed by atoms with E-state index in [4.69, 9.17) is 16.3 Å². The van der Waals surface area contributed by atoms with Gasteiger partial charge in [-0.1, -0.05) is 6.07 Å². The maximum absolute atomic E-state index is 5.92. The van der Waals surface area contributed by atoms with E-state index in [1.165, 1.54) is 0 Å². The van der Waals surface area contributed by atoms with Gasteiger partial charge in [0.1, 0.15) is 11.5 Å². The second kappa shape index (κ2) is 4.78. The molecule has 0 amide bonds. The number of pyridine rings is 1. The van der Waals surface area contributed by atoms with Crippen molar-refractivity contribution in [2.45, 2.75) is 19.1 Å². The lowest BCUT2D eigenvalue weighted by molar-refractivity contribution is -0.00363. The van der Waals surface area contributed by atoms with Gasteiger partial charge in [-0.15, -0.1) is 11.6 Å². The van der Waals surface area contributed by atoms with Gasteiger partial charge in [-0.3, -0.25) is 4.40 Å². The van der Waals surface area contributed by atoms with E-state index in [0.717, 1.165) is 24.6 Å². The van der Waals surface area contributed by atoms with Crippen LogP contribution in [0.3, 0.4) is 0 Å². The van der Waals surface area contributed by atoms with Crippen LogP contribution in [-0.4, -0.2) is 40.6 Å². The Morgan fingerprint density at radius 1 is 1.44 bits per heavy atom. The number of fused-ring (bicyclic) bond motifs is 1. The highest BCUT2D eigenvalue weighted by atomic mass is 35.5. The number of ether oxygens (including phenoxy) is 1. The molecule has 96 valence electrons. The molecule has 18 heavy (non-hydrogen) atoms. The number of rotatable bonds is 2. The van der Waals surface area contributed by atoms with Crippen molar-refractivity contribution >= 4 is 23.1 Å². The molecule has 0 aromatic carbocycles. The summed E-state index contributed by atoms with van der Waals surface area (Å²) in [7, 11) is 0. The molecule has 1 saturated heterocycles. The predicted octanol–water partition coefficient (Wildman–Crippen LogP) is 2.17. The van der Waals surface area contributed by atoms with E-state index >= 15 is 0 Å². The number of alkyl halides is 1. The van der Waals surface area contributed by atoms with Gasteiger partial charge in [-0.25, -0.2) is 4.98 Å². The van der Waals surface area contributed by atoms with Crippen molar-refractivity contribution < 1.29 is 4.74 Å². The van der Waals surface area contributed by atoms with Crippen molar-refractivity contribution in [2.24, 2.45) is 0 Å². The molecule has 2 aromatic heterocycles. The van der Waals surface area contributed by atoms with Crippen molar-refractivity contribution in [3.8, 4) is 0 Å². The Morgan fingerprint density at radius 2 is 2.33 bits per heavy atom. The highest BCUT2D eigenvalue weighted by Crippen LogP contribution is 2.21. The van der Waals surface area contributed by atoms with Crippen molar-refractivity contribution in [1.29, 1.82) is 0 Å². The minimum Gasteiger partial charge on any atom is -0.370 e. The molecule has 0 saturated carbocycles. The summed E-state index contributed by atoms with van der Waals surface area (Å²) in [6.45, 7) is 3.79. The fourth-order valence-electron chi connectivity index (χ4n) is 2.51. The van der Waals surface area contributed by atoms with E-state index in [1.807, 2.05) is 24.5 Å². The summed E-state index contributed by atoms with van der Waals surface area (Å²) >= 11 is 5.92. The molecule has 1 aliphatic rings. The second-order valence-electron chi connectivity index (χ2n) is 4.67. The fourth-order valence-corrected chi connectivity index (χ4v) is 2.68. The Kier molecular flexibility index (Phi) is 3.14. The normalized spacial score (nSPS) is 24.7. The molecule has 0 spiro atoms. The topological polar surface area (TPSA) is 29.8 Å². The number of hydrogen-bond donors (Lipinski definition) is 0. The second-order valence-corrected chi connectivity index (χ2v) is 4.98. The zero-order valence-electron chi connectivity index (χ0n) is 10.3. The summed E-state index contributed by atoms with van der Waals surface area (Å²) in [6.07, 6.45) is 4.10. The molecule has 2 atom stereocenters. The van der Waals surface area contributed by atoms with Crippen LogP contribution in [0.1, 0.15) is 6.92 Å². The summed E-state index contributed by atoms with van der Waals surface area (Å²) in [4.78, 5) is 6.63. The average Bonchev–Trinajstić information content (AvgIpc) is 2.85.